The van der Waals surface area contributed by atoms with Gasteiger partial charge in [0.2, 0.25) is 0 Å². The Bertz CT molecular complexity index is 2710. The summed E-state index contributed by atoms with van der Waals surface area (Å²) in [5, 5.41) is 15.2. The minimum atomic E-state index is -4.75. The van der Waals surface area contributed by atoms with Crippen molar-refractivity contribution in [3.05, 3.63) is 212 Å². The van der Waals surface area contributed by atoms with Gasteiger partial charge in [-0.05, 0) is 0 Å². The highest BCUT2D eigenvalue weighted by molar-refractivity contribution is 7.12. The SMILES string of the molecule is OCC[Si]12CO[Si]3(c4ccccc4)O[Si]4(c5ccccc5)O[Si](c5ccccc5)(O1)O[Si]1(c5ccccc5)O[Si](c5ccccc5)(O2)O[Si](c2ccccc2)(O3)O[Si](c2ccccc2)(O4)O1. The maximum atomic E-state index is 11.3. The third kappa shape index (κ3) is 7.07. The van der Waals surface area contributed by atoms with E-state index in [1.807, 2.05) is 212 Å². The van der Waals surface area contributed by atoms with Crippen LogP contribution in [0.4, 0.5) is 0 Å². The van der Waals surface area contributed by atoms with E-state index in [2.05, 4.69) is 0 Å². The van der Waals surface area contributed by atoms with E-state index in [4.69, 9.17) is 49.7 Å². The summed E-state index contributed by atoms with van der Waals surface area (Å²) in [5.74, 6) is 0. The van der Waals surface area contributed by atoms with Gasteiger partial charge in [-0.2, -0.15) is 0 Å². The summed E-state index contributed by atoms with van der Waals surface area (Å²) in [6, 6.07) is 66.7. The van der Waals surface area contributed by atoms with Gasteiger partial charge >= 0.3 is 70.2 Å². The van der Waals surface area contributed by atoms with Gasteiger partial charge in [0, 0.05) is 49.0 Å². The van der Waals surface area contributed by atoms with Gasteiger partial charge < -0.3 is 54.8 Å². The van der Waals surface area contributed by atoms with Crippen molar-refractivity contribution < 1.29 is 54.8 Å². The van der Waals surface area contributed by atoms with Crippen LogP contribution < -0.4 is 36.3 Å². The zero-order valence-corrected chi connectivity index (χ0v) is 43.2. The molecule has 21 heteroatoms. The fraction of sp³-hybridized carbons (Fsp3) is 0.0667. The molecule has 0 spiro atoms. The number of rotatable bonds is 9. The molecule has 13 rings (SSSR count). The van der Waals surface area contributed by atoms with Gasteiger partial charge in [-0.1, -0.05) is 212 Å². The lowest BCUT2D eigenvalue weighted by molar-refractivity contribution is 0.0305. The molecule has 6 heterocycles. The minimum Gasteiger partial charge on any atom is -0.396 e. The van der Waals surface area contributed by atoms with Crippen LogP contribution in [0.5, 0.6) is 0 Å². The summed E-state index contributed by atoms with van der Waals surface area (Å²) in [4.78, 5) is 0. The van der Waals surface area contributed by atoms with Crippen molar-refractivity contribution in [2.45, 2.75) is 6.04 Å². The Kier molecular flexibility index (Phi) is 10.7. The van der Waals surface area contributed by atoms with Crippen LogP contribution in [0.15, 0.2) is 212 Å². The lowest BCUT2D eigenvalue weighted by atomic mass is 10.4. The molecule has 4 atom stereocenters. The molecule has 4 unspecified atom stereocenters. The Hall–Kier alpha value is -4.24. The first-order chi connectivity index (χ1) is 32.3. The summed E-state index contributed by atoms with van der Waals surface area (Å²) in [6.07, 6.45) is -0.224. The van der Waals surface area contributed by atoms with E-state index in [9.17, 15) is 5.11 Å². The van der Waals surface area contributed by atoms with Gasteiger partial charge in [0.1, 0.15) is 0 Å². The molecule has 332 valence electrons. The van der Waals surface area contributed by atoms with Gasteiger partial charge in [0.15, 0.2) is 0 Å². The fourth-order valence-corrected chi connectivity index (χ4v) is 54.1. The number of hydrogen-bond acceptors (Lipinski definition) is 13. The highest BCUT2D eigenvalue weighted by Gasteiger charge is 2.84. The van der Waals surface area contributed by atoms with Crippen molar-refractivity contribution in [2.24, 2.45) is 0 Å². The van der Waals surface area contributed by atoms with Crippen molar-refractivity contribution in [2.75, 3.05) is 12.8 Å². The zero-order valence-electron chi connectivity index (χ0n) is 35.2. The second-order valence-electron chi connectivity index (χ2n) is 16.3. The number of aliphatic hydroxyl groups is 1. The Morgan fingerprint density at radius 3 is 0.697 bits per heavy atom. The highest BCUT2D eigenvalue weighted by Crippen LogP contribution is 2.47. The molecule has 6 fully saturated rings. The summed E-state index contributed by atoms with van der Waals surface area (Å²) in [7, 11) is -37.1. The minimum absolute atomic E-state index is 0.0141. The molecule has 7 aromatic carbocycles. The van der Waals surface area contributed by atoms with Crippen LogP contribution in [-0.2, 0) is 49.7 Å². The summed E-state index contributed by atoms with van der Waals surface area (Å²) >= 11 is 0. The quantitative estimate of drug-likeness (QED) is 0.213. The summed E-state index contributed by atoms with van der Waals surface area (Å²) in [6.45, 7) is -0.354. The smallest absolute Gasteiger partial charge is 0.396 e. The van der Waals surface area contributed by atoms with Crippen LogP contribution in [0.3, 0.4) is 0 Å². The average molecular weight is 1020 g/mol. The van der Waals surface area contributed by atoms with Crippen molar-refractivity contribution in [3.63, 3.8) is 0 Å². The van der Waals surface area contributed by atoms with Gasteiger partial charge in [-0.25, -0.2) is 0 Å². The Morgan fingerprint density at radius 2 is 0.470 bits per heavy atom. The van der Waals surface area contributed by atoms with Gasteiger partial charge in [-0.3, -0.25) is 0 Å². The number of hydrogen-bond donors (Lipinski definition) is 1. The van der Waals surface area contributed by atoms with Gasteiger partial charge in [0.25, 0.3) is 0 Å². The topological polar surface area (TPSA) is 131 Å². The van der Waals surface area contributed by atoms with Crippen molar-refractivity contribution in [3.8, 4) is 0 Å². The molecule has 0 aliphatic carbocycles. The van der Waals surface area contributed by atoms with E-state index in [1.54, 1.807) is 0 Å². The maximum absolute atomic E-state index is 11.3. The first-order valence-electron chi connectivity index (χ1n) is 21.6. The van der Waals surface area contributed by atoms with Crippen molar-refractivity contribution >= 4 is 106 Å². The van der Waals surface area contributed by atoms with Crippen molar-refractivity contribution in [1.82, 2.24) is 0 Å². The van der Waals surface area contributed by atoms with E-state index < -0.39 is 70.2 Å². The van der Waals surface area contributed by atoms with E-state index in [1.165, 1.54) is 0 Å². The van der Waals surface area contributed by atoms with Crippen LogP contribution in [0.1, 0.15) is 0 Å². The van der Waals surface area contributed by atoms with Gasteiger partial charge in [-0.15, -0.1) is 0 Å². The molecule has 66 heavy (non-hydrogen) atoms. The monoisotopic (exact) mass is 1010 g/mol. The molecule has 6 saturated heterocycles. The predicted molar refractivity (Wildman–Crippen MR) is 258 cm³/mol. The summed E-state index contributed by atoms with van der Waals surface area (Å²) in [5.41, 5.74) is 0. The first kappa shape index (κ1) is 43.1. The second kappa shape index (κ2) is 16.5. The normalized spacial score (nSPS) is 34.6. The third-order valence-corrected chi connectivity index (χ3v) is 46.1. The molecule has 13 nitrogen and oxygen atoms in total. The van der Waals surface area contributed by atoms with E-state index in [0.717, 1.165) is 0 Å². The molecular weight excluding hydrogens is 973 g/mol. The number of aliphatic hydroxyl groups excluding tert-OH is 1. The number of fused-ring (bicyclic) bond motifs is 1. The van der Waals surface area contributed by atoms with Crippen LogP contribution in [0, 0.1) is 0 Å². The molecule has 0 aromatic heterocycles. The highest BCUT2D eigenvalue weighted by atomic mass is 28.6. The van der Waals surface area contributed by atoms with Crippen LogP contribution in [0.2, 0.25) is 6.04 Å². The molecule has 0 amide bonds. The van der Waals surface area contributed by atoms with E-state index >= 15 is 0 Å². The van der Waals surface area contributed by atoms with E-state index in [0.29, 0.717) is 36.3 Å². The van der Waals surface area contributed by atoms with Gasteiger partial charge in [0.05, 0.1) is 6.23 Å². The van der Waals surface area contributed by atoms with Crippen LogP contribution in [-0.4, -0.2) is 88.1 Å². The fourth-order valence-electron chi connectivity index (χ4n) is 8.92. The first-order valence-corrected chi connectivity index (χ1v) is 35.9. The molecular formula is C45H42O13Si8. The average Bonchev–Trinajstić information content (AvgIpc) is 3.45. The standard InChI is InChI=1S/C45H42O13Si8/c46-36-37-59-38-47-60(39-22-8-1-9-23-39)50-63(42-28-14-4-15-29-42)52-61(48-59,40-24-10-2-11-25-40)54-65(44-32-18-6-19-33-44)55-62(49-59,41-26-12-3-13-27-41)53-64(51-60,43-30-16-5-17-31-43)57-66(56-63,58-65)45-34-20-7-21-35-45/h1-35,46H,36-38H2. The van der Waals surface area contributed by atoms with Crippen LogP contribution in [0.25, 0.3) is 0 Å². The number of benzene rings is 7. The molecule has 6 aliphatic heterocycles. The summed E-state index contributed by atoms with van der Waals surface area (Å²) < 4.78 is 95.5. The molecule has 0 saturated carbocycles. The second-order valence-corrected chi connectivity index (χ2v) is 40.0. The molecule has 8 bridgehead atoms. The predicted octanol–water partition coefficient (Wildman–Crippen LogP) is 2.15. The Labute approximate surface area is 390 Å². The molecule has 6 aliphatic rings. The molecule has 0 radical (unpaired) electrons. The Balaban J connectivity index is 1.30. The zero-order chi connectivity index (χ0) is 44.4. The van der Waals surface area contributed by atoms with Crippen molar-refractivity contribution in [1.29, 1.82) is 0 Å². The lowest BCUT2D eigenvalue weighted by Crippen LogP contribution is -2.92. The Morgan fingerprint density at radius 1 is 0.273 bits per heavy atom. The largest absolute Gasteiger partial charge is 0.522 e. The molecule has 1 N–H and O–H groups in total. The van der Waals surface area contributed by atoms with Crippen LogP contribution >= 0.6 is 0 Å². The molecule has 7 aromatic rings. The third-order valence-electron chi connectivity index (χ3n) is 11.9. The van der Waals surface area contributed by atoms with E-state index in [-0.39, 0.29) is 18.9 Å². The lowest BCUT2D eigenvalue weighted by Gasteiger charge is -2.59. The maximum Gasteiger partial charge on any atom is 0.522 e.